The number of thiophene rings is 1. The zero-order chi connectivity index (χ0) is 97.0. The first-order chi connectivity index (χ1) is 66.1. The van der Waals surface area contributed by atoms with Crippen molar-refractivity contribution >= 4 is 124 Å². The van der Waals surface area contributed by atoms with E-state index < -0.39 is 39.3 Å². The fourth-order valence-corrected chi connectivity index (χ4v) is 23.3. The number of hydrogen-bond acceptors (Lipinski definition) is 26. The SMILES string of the molecule is CCC1=C(C2(O)CCCCC2)Cc2ncccc21.CSc1ncccc1C(=O)OCC(=O)c1cc(C)n(C)c1C.Cc1nc2c([nH]1)C1(CCN(Cc3ccccc3)CC1)C(C#N)=C(N)O2.O=C(CSc1nnc(C2CC2)n1C1CC1)c1cccs1.O=C(NCC1(N2CCOCC2)CCCCC1)c1cc(Br)ccc1Cl.O=C(Nc1ccc(S(=O)(=O)Cc2nccs2)cc1)c1ccccc1OC(F)F. The molecule has 8 aliphatic rings. The van der Waals surface area contributed by atoms with Gasteiger partial charge in [-0.05, 0) is 223 Å². The molecule has 1 spiro atoms. The summed E-state index contributed by atoms with van der Waals surface area (Å²) in [5, 5.41) is 41.1. The Morgan fingerprint density at radius 3 is 2.13 bits per heavy atom. The molecule has 0 unspecified atom stereocenters. The van der Waals surface area contributed by atoms with Crippen molar-refractivity contribution in [2.75, 3.05) is 69.9 Å². The number of carbonyl (C=O) groups is 5. The molecule has 0 bridgehead atoms. The third kappa shape index (κ3) is 25.9. The van der Waals surface area contributed by atoms with Crippen molar-refractivity contribution in [1.82, 2.24) is 59.4 Å². The molecule has 6 N–H and O–H groups in total. The number of ketones is 2. The molecule has 36 heteroatoms. The van der Waals surface area contributed by atoms with Gasteiger partial charge >= 0.3 is 12.6 Å². The van der Waals surface area contributed by atoms with E-state index in [4.69, 9.17) is 31.5 Å². The fourth-order valence-electron chi connectivity index (χ4n) is 18.2. The number of benzene rings is 4. The standard InChI is InChI=1S/C19H21N5O.C18H24BrClN2O2.C18H14F2N2O4S2.C16H18N2O3S.C16H21NO.C14H15N3OS2/c1-13-22-16-18(23-13)25-17(21)15(11-20)19(16)7-9-24(10-8-19)12-14-5-3-2-4-6-14;19-14-4-5-16(20)15(12-14)17(23)21-13-18(6-2-1-3-7-18)22-8-10-24-11-9-22;19-18(20)26-15-4-2-1-3-14(15)17(23)22-12-5-7-13(8-6-12)28(24,25)11-16-21-9-10-27-16;1-10-8-13(11(2)18(10)3)14(19)9-21-16(20)12-6-5-7-17-15(12)22-4;1-2-12-13-7-6-10-17-15(13)11-14(12)16(18)8-4-3-5-9-16;18-11(12-2-1-7-19-12)8-20-14-16-15-13(9-3-4-9)17(14)10-5-6-10/h2-6H,7-10,12,21H2,1H3,(H,22,23);4-5,12H,1-3,6-11,13H2,(H,21,23);1-10,18H,11H2,(H,22,23);5-8H,9H2,1-4H3;6-7,10,18H,2-5,8-9,11H2,1H3;1-2,7,9-10H,3-6,8H2. The number of amides is 2. The lowest BCUT2D eigenvalue weighted by atomic mass is 9.69. The third-order valence-corrected chi connectivity index (χ3v) is 31.9. The number of piperidine rings is 1. The summed E-state index contributed by atoms with van der Waals surface area (Å²) in [6.07, 6.45) is 26.7. The number of rotatable bonds is 26. The van der Waals surface area contributed by atoms with E-state index in [1.54, 1.807) is 35.8 Å². The Morgan fingerprint density at radius 2 is 1.47 bits per heavy atom. The number of likely N-dealkylation sites (tertiary alicyclic amines) is 1. The zero-order valence-corrected chi connectivity index (χ0v) is 83.8. The molecular weight excluding hydrogens is 1930 g/mol. The number of imidazole rings is 1. The van der Waals surface area contributed by atoms with Crippen LogP contribution in [0.15, 0.2) is 205 Å². The first kappa shape index (κ1) is 102. The van der Waals surface area contributed by atoms with Crippen LogP contribution in [0.25, 0.3) is 5.57 Å². The van der Waals surface area contributed by atoms with Gasteiger partial charge in [0.25, 0.3) is 11.8 Å². The van der Waals surface area contributed by atoms with Gasteiger partial charge in [0.05, 0.1) is 72.9 Å². The van der Waals surface area contributed by atoms with Gasteiger partial charge in [0.15, 0.2) is 27.4 Å². The normalized spacial score (nSPS) is 16.9. The number of Topliss-reactive ketones (excluding diaryl/α,β-unsaturated/α-hetero) is 2. The lowest BCUT2D eigenvalue weighted by Gasteiger charge is -2.48. The number of carbonyl (C=O) groups excluding carboxylic acids is 5. The number of allylic oxidation sites excluding steroid dienone is 2. The van der Waals surface area contributed by atoms with E-state index in [0.29, 0.717) is 73.1 Å². The Kier molecular flexibility index (Phi) is 35.4. The van der Waals surface area contributed by atoms with Crippen LogP contribution in [0.3, 0.4) is 0 Å². The highest BCUT2D eigenvalue weighted by Crippen LogP contribution is 2.50. The van der Waals surface area contributed by atoms with Crippen molar-refractivity contribution < 1.29 is 65.2 Å². The number of thiazole rings is 1. The topological polar surface area (TPSA) is 360 Å². The summed E-state index contributed by atoms with van der Waals surface area (Å²) in [4.78, 5) is 87.4. The predicted molar refractivity (Wildman–Crippen MR) is 532 cm³/mol. The van der Waals surface area contributed by atoms with Crippen molar-refractivity contribution in [2.45, 2.75) is 206 Å². The number of morpholine rings is 1. The molecule has 4 aromatic carbocycles. The highest BCUT2D eigenvalue weighted by Gasteiger charge is 2.49. The minimum absolute atomic E-state index is 0.0657. The maximum Gasteiger partial charge on any atom is 0.387 e. The number of aromatic nitrogens is 9. The van der Waals surface area contributed by atoms with Crippen molar-refractivity contribution in [1.29, 1.82) is 5.26 Å². The van der Waals surface area contributed by atoms with E-state index in [1.165, 1.54) is 175 Å². The number of pyridine rings is 2. The number of nitriles is 1. The first-order valence-corrected chi connectivity index (χ1v) is 52.8. The van der Waals surface area contributed by atoms with E-state index in [1.807, 2.05) is 86.6 Å². The molecule has 0 radical (unpaired) electrons. The largest absolute Gasteiger partial charge is 0.454 e. The minimum Gasteiger partial charge on any atom is -0.454 e. The van der Waals surface area contributed by atoms with Crippen LogP contribution in [0.1, 0.15) is 230 Å². The number of anilines is 1. The summed E-state index contributed by atoms with van der Waals surface area (Å²) in [5.74, 6) is 1.94. The molecule has 19 rings (SSSR count). The van der Waals surface area contributed by atoms with Crippen LogP contribution in [0, 0.1) is 32.1 Å². The molecule has 7 aromatic heterocycles. The average molecular weight is 2040 g/mol. The van der Waals surface area contributed by atoms with Crippen LogP contribution < -0.4 is 25.8 Å². The van der Waals surface area contributed by atoms with Gasteiger partial charge in [-0.1, -0.05) is 139 Å². The maximum atomic E-state index is 12.6. The van der Waals surface area contributed by atoms with E-state index in [9.17, 15) is 51.5 Å². The number of sulfone groups is 1. The lowest BCUT2D eigenvalue weighted by Crippen LogP contribution is -2.59. The van der Waals surface area contributed by atoms with Gasteiger partial charge in [0.1, 0.15) is 44.8 Å². The zero-order valence-electron chi connectivity index (χ0n) is 77.4. The van der Waals surface area contributed by atoms with Gasteiger partial charge in [-0.3, -0.25) is 34.0 Å². The number of thioether (sulfide) groups is 2. The number of nitrogens with zero attached hydrogens (tertiary/aromatic N) is 11. The smallest absolute Gasteiger partial charge is 0.387 e. The number of H-pyrrole nitrogens is 1. The summed E-state index contributed by atoms with van der Waals surface area (Å²) >= 11 is 15.2. The summed E-state index contributed by atoms with van der Waals surface area (Å²) in [6.45, 7) is 11.4. The second-order valence-corrected chi connectivity index (χ2v) is 41.9. The molecule has 27 nitrogen and oxygen atoms in total. The van der Waals surface area contributed by atoms with Crippen LogP contribution in [0.2, 0.25) is 5.02 Å². The fraction of sp³-hybridized carbons (Fsp3) is 0.406. The highest BCUT2D eigenvalue weighted by atomic mass is 79.9. The number of esters is 1. The second kappa shape index (κ2) is 47.4. The molecule has 722 valence electrons. The Morgan fingerprint density at radius 1 is 0.774 bits per heavy atom. The number of halogens is 4. The van der Waals surface area contributed by atoms with Crippen molar-refractivity contribution in [3.8, 4) is 17.7 Å². The minimum atomic E-state index is -3.57. The first-order valence-electron chi connectivity index (χ1n) is 46.0. The Hall–Kier alpha value is -10.6. The summed E-state index contributed by atoms with van der Waals surface area (Å²) in [5.41, 5.74) is 16.5. The summed E-state index contributed by atoms with van der Waals surface area (Å²) < 4.78 is 75.4. The van der Waals surface area contributed by atoms with E-state index >= 15 is 0 Å². The number of para-hydroxylation sites is 1. The van der Waals surface area contributed by atoms with Crippen LogP contribution in [0.5, 0.6) is 11.6 Å². The molecule has 11 aromatic rings. The number of fused-ring (bicyclic) bond motifs is 3. The van der Waals surface area contributed by atoms with Crippen LogP contribution in [-0.4, -0.2) is 179 Å². The van der Waals surface area contributed by atoms with Crippen LogP contribution in [0.4, 0.5) is 14.5 Å². The van der Waals surface area contributed by atoms with Gasteiger partial charge in [0.2, 0.25) is 17.5 Å². The van der Waals surface area contributed by atoms with Gasteiger partial charge in [0, 0.05) is 108 Å². The second-order valence-electron chi connectivity index (χ2n) is 34.9. The molecular formula is C101H113BrClF2N15O12S5. The number of aliphatic hydroxyl groups is 1. The number of nitrogens with one attached hydrogen (secondary N) is 3. The van der Waals surface area contributed by atoms with Crippen molar-refractivity contribution in [2.24, 2.45) is 12.8 Å². The van der Waals surface area contributed by atoms with E-state index in [2.05, 4.69) is 124 Å². The van der Waals surface area contributed by atoms with E-state index in [0.717, 1.165) is 159 Å². The molecule has 2 amide bonds. The molecule has 2 saturated heterocycles. The highest BCUT2D eigenvalue weighted by molar-refractivity contribution is 9.10. The molecule has 4 saturated carbocycles. The summed E-state index contributed by atoms with van der Waals surface area (Å²) in [7, 11) is -1.67. The third-order valence-electron chi connectivity index (χ3n) is 25.9. The molecule has 3 aliphatic heterocycles. The summed E-state index contributed by atoms with van der Waals surface area (Å²) in [6, 6.07) is 42.9. The monoisotopic (exact) mass is 2040 g/mol. The Bertz CT molecular complexity index is 6260. The predicted octanol–water partition coefficient (Wildman–Crippen LogP) is 20.0. The van der Waals surface area contributed by atoms with Crippen LogP contribution >= 0.6 is 73.7 Å². The number of ether oxygens (including phenoxy) is 4. The molecule has 5 aliphatic carbocycles. The lowest BCUT2D eigenvalue weighted by molar-refractivity contribution is -0.0501. The van der Waals surface area contributed by atoms with Gasteiger partial charge in [-0.25, -0.2) is 23.2 Å². The van der Waals surface area contributed by atoms with E-state index in [-0.39, 0.29) is 57.5 Å². The van der Waals surface area contributed by atoms with Gasteiger partial charge in [-0.2, -0.15) is 19.0 Å². The number of nitrogens with two attached hydrogens (primary N) is 1. The molecule has 6 fully saturated rings. The molecule has 0 atom stereocenters. The maximum absolute atomic E-state index is 12.6. The van der Waals surface area contributed by atoms with Gasteiger partial charge in [-0.15, -0.1) is 44.6 Å². The van der Waals surface area contributed by atoms with Crippen molar-refractivity contribution in [3.05, 3.63) is 273 Å². The van der Waals surface area contributed by atoms with Crippen molar-refractivity contribution in [3.63, 3.8) is 0 Å². The van der Waals surface area contributed by atoms with Crippen LogP contribution in [-0.2, 0) is 50.5 Å². The van der Waals surface area contributed by atoms with Gasteiger partial charge < -0.3 is 54.5 Å². The quantitative estimate of drug-likeness (QED) is 0.0191. The molecule has 10 heterocycles. The number of aromatic amines is 1. The molecule has 137 heavy (non-hydrogen) atoms. The number of alkyl halides is 2. The Balaban J connectivity index is 0.000000132. The average Bonchev–Trinajstić information content (AvgIpc) is 1.72. The number of hydrogen-bond donors (Lipinski definition) is 5. The Labute approximate surface area is 827 Å². The number of aryl methyl sites for hydroxylation is 2.